The molecular formula is C27H24ClF2N3O3. The number of fused-ring (bicyclic) bond motifs is 2. The highest BCUT2D eigenvalue weighted by atomic mass is 35.5. The van der Waals surface area contributed by atoms with E-state index in [1.165, 1.54) is 29.2 Å². The van der Waals surface area contributed by atoms with E-state index in [9.17, 15) is 18.4 Å². The number of hydrogen-bond donors (Lipinski definition) is 1. The van der Waals surface area contributed by atoms with Gasteiger partial charge in [0.05, 0.1) is 13.1 Å². The number of carbonyl (C=O) groups excluding carboxylic acids is 2. The van der Waals surface area contributed by atoms with Crippen LogP contribution in [0.4, 0.5) is 13.6 Å². The Hall–Kier alpha value is -3.65. The third kappa shape index (κ3) is 4.37. The van der Waals surface area contributed by atoms with Gasteiger partial charge in [-0.15, -0.1) is 0 Å². The van der Waals surface area contributed by atoms with Crippen molar-refractivity contribution in [1.29, 1.82) is 0 Å². The highest BCUT2D eigenvalue weighted by Crippen LogP contribution is 2.43. The average molecular weight is 512 g/mol. The molecule has 0 radical (unpaired) electrons. The van der Waals surface area contributed by atoms with Crippen molar-refractivity contribution >= 4 is 34.5 Å². The molecule has 0 saturated carbocycles. The lowest BCUT2D eigenvalue weighted by Gasteiger charge is -2.48. The van der Waals surface area contributed by atoms with Crippen LogP contribution in [-0.2, 0) is 17.9 Å². The Labute approximate surface area is 211 Å². The van der Waals surface area contributed by atoms with E-state index in [1.807, 2.05) is 13.0 Å². The molecule has 3 aromatic rings. The molecule has 1 aromatic heterocycles. The Morgan fingerprint density at radius 1 is 1.22 bits per heavy atom. The normalized spacial score (nSPS) is 19.8. The molecule has 1 aliphatic heterocycles. The van der Waals surface area contributed by atoms with Gasteiger partial charge < -0.3 is 14.6 Å². The summed E-state index contributed by atoms with van der Waals surface area (Å²) in [6.45, 7) is 2.53. The van der Waals surface area contributed by atoms with Crippen LogP contribution in [0.5, 0.6) is 0 Å². The highest BCUT2D eigenvalue weighted by Gasteiger charge is 2.44. The summed E-state index contributed by atoms with van der Waals surface area (Å²) in [5.41, 5.74) is 1.33. The second kappa shape index (κ2) is 9.09. The van der Waals surface area contributed by atoms with E-state index in [2.05, 4.69) is 5.32 Å². The monoisotopic (exact) mass is 511 g/mol. The summed E-state index contributed by atoms with van der Waals surface area (Å²) >= 11 is 6.24. The minimum atomic E-state index is -0.499. The number of benzene rings is 2. The Morgan fingerprint density at radius 3 is 2.81 bits per heavy atom. The number of nitrogens with one attached hydrogen (secondary N) is 1. The molecule has 186 valence electrons. The van der Waals surface area contributed by atoms with E-state index in [4.69, 9.17) is 16.0 Å². The molecule has 1 N–H and O–H groups in total. The summed E-state index contributed by atoms with van der Waals surface area (Å²) in [5.74, 6) is -0.717. The van der Waals surface area contributed by atoms with Gasteiger partial charge in [0.15, 0.2) is 0 Å². The molecule has 1 fully saturated rings. The minimum absolute atomic E-state index is 0.0550. The summed E-state index contributed by atoms with van der Waals surface area (Å²) < 4.78 is 33.7. The van der Waals surface area contributed by atoms with Crippen LogP contribution in [0.2, 0.25) is 5.02 Å². The van der Waals surface area contributed by atoms with E-state index in [-0.39, 0.29) is 41.4 Å². The lowest BCUT2D eigenvalue weighted by atomic mass is 9.76. The van der Waals surface area contributed by atoms with Gasteiger partial charge in [0.1, 0.15) is 23.0 Å². The summed E-state index contributed by atoms with van der Waals surface area (Å²) in [5, 5.41) is 3.66. The quantitative estimate of drug-likeness (QED) is 0.473. The van der Waals surface area contributed by atoms with E-state index >= 15 is 0 Å². The maximum atomic E-state index is 14.6. The van der Waals surface area contributed by atoms with Crippen molar-refractivity contribution < 1.29 is 22.8 Å². The molecule has 1 atom stereocenters. The Balaban J connectivity index is 1.39. The first-order valence-electron chi connectivity index (χ1n) is 11.5. The predicted molar refractivity (Wildman–Crippen MR) is 132 cm³/mol. The topological polar surface area (TPSA) is 65.8 Å². The standard InChI is InChI=1S/C27H24ClF2N3O3/c1-27-9-8-16(25(34)31-13-19-11-17-10-18(29)6-7-23(17)36-19)12-24(27)33(26(35)32(2)15-27)14-20-21(28)4-3-5-22(20)30/h3-8,10-12H,9,13-15H2,1-2H3,(H,31,34). The fraction of sp³-hybridized carbons (Fsp3) is 0.259. The van der Waals surface area contributed by atoms with Crippen molar-refractivity contribution in [3.63, 3.8) is 0 Å². The number of hydrogen-bond acceptors (Lipinski definition) is 3. The van der Waals surface area contributed by atoms with E-state index < -0.39 is 11.2 Å². The number of amides is 3. The summed E-state index contributed by atoms with van der Waals surface area (Å²) in [6, 6.07) is 10.0. The van der Waals surface area contributed by atoms with Gasteiger partial charge in [-0.05, 0) is 48.9 Å². The summed E-state index contributed by atoms with van der Waals surface area (Å²) in [4.78, 5) is 29.2. The van der Waals surface area contributed by atoms with Gasteiger partial charge in [0.2, 0.25) is 0 Å². The summed E-state index contributed by atoms with van der Waals surface area (Å²) in [7, 11) is 1.70. The van der Waals surface area contributed by atoms with Crippen molar-refractivity contribution in [3.8, 4) is 0 Å². The molecule has 1 aliphatic carbocycles. The van der Waals surface area contributed by atoms with Crippen LogP contribution in [0.15, 0.2) is 70.3 Å². The third-order valence-electron chi connectivity index (χ3n) is 6.71. The first-order chi connectivity index (χ1) is 17.1. The number of halogens is 3. The average Bonchev–Trinajstić information content (AvgIpc) is 3.24. The first kappa shape index (κ1) is 24.1. The van der Waals surface area contributed by atoms with Crippen molar-refractivity contribution in [2.45, 2.75) is 26.4 Å². The number of nitrogens with zero attached hydrogens (tertiary/aromatic N) is 2. The van der Waals surface area contributed by atoms with Gasteiger partial charge in [-0.25, -0.2) is 13.6 Å². The van der Waals surface area contributed by atoms with Crippen LogP contribution in [0.25, 0.3) is 11.0 Å². The molecule has 1 saturated heterocycles. The second-order valence-corrected chi connectivity index (χ2v) is 9.86. The van der Waals surface area contributed by atoms with Crippen LogP contribution in [0.3, 0.4) is 0 Å². The molecule has 36 heavy (non-hydrogen) atoms. The van der Waals surface area contributed by atoms with Crippen molar-refractivity contribution in [3.05, 3.63) is 93.9 Å². The Morgan fingerprint density at radius 2 is 2.03 bits per heavy atom. The largest absolute Gasteiger partial charge is 0.459 e. The molecule has 2 heterocycles. The highest BCUT2D eigenvalue weighted by molar-refractivity contribution is 6.31. The molecule has 1 unspecified atom stereocenters. The lowest BCUT2D eigenvalue weighted by molar-refractivity contribution is -0.117. The Kier molecular flexibility index (Phi) is 6.08. The third-order valence-corrected chi connectivity index (χ3v) is 7.06. The van der Waals surface area contributed by atoms with Crippen LogP contribution in [0, 0.1) is 17.0 Å². The van der Waals surface area contributed by atoms with E-state index in [0.29, 0.717) is 41.0 Å². The first-order valence-corrected chi connectivity index (χ1v) is 11.9. The van der Waals surface area contributed by atoms with Gasteiger partial charge in [-0.2, -0.15) is 0 Å². The second-order valence-electron chi connectivity index (χ2n) is 9.46. The van der Waals surface area contributed by atoms with Gasteiger partial charge in [-0.3, -0.25) is 9.69 Å². The molecule has 2 aromatic carbocycles. The summed E-state index contributed by atoms with van der Waals surface area (Å²) in [6.07, 6.45) is 4.04. The zero-order valence-electron chi connectivity index (χ0n) is 19.8. The maximum absolute atomic E-state index is 14.6. The predicted octanol–water partition coefficient (Wildman–Crippen LogP) is 5.77. The fourth-order valence-corrected chi connectivity index (χ4v) is 5.07. The minimum Gasteiger partial charge on any atom is -0.459 e. The van der Waals surface area contributed by atoms with Gasteiger partial charge >= 0.3 is 6.03 Å². The van der Waals surface area contributed by atoms with Crippen molar-refractivity contribution in [2.24, 2.45) is 5.41 Å². The molecule has 5 rings (SSSR count). The SMILES string of the molecule is CN1CC2(C)CC=C(C(=O)NCc3cc4cc(F)ccc4o3)C=C2N(Cc2c(F)cccc2Cl)C1=O. The van der Waals surface area contributed by atoms with E-state index in [0.717, 1.165) is 0 Å². The smallest absolute Gasteiger partial charge is 0.324 e. The van der Waals surface area contributed by atoms with Gasteiger partial charge in [0, 0.05) is 46.2 Å². The molecule has 3 amide bonds. The number of allylic oxidation sites excluding steroid dienone is 1. The number of carbonyl (C=O) groups is 2. The van der Waals surface area contributed by atoms with Gasteiger partial charge in [-0.1, -0.05) is 30.7 Å². The zero-order chi connectivity index (χ0) is 25.6. The van der Waals surface area contributed by atoms with Crippen molar-refractivity contribution in [1.82, 2.24) is 15.1 Å². The molecule has 0 spiro atoms. The number of rotatable bonds is 5. The molecule has 9 heteroatoms. The molecule has 6 nitrogen and oxygen atoms in total. The molecule has 0 bridgehead atoms. The van der Waals surface area contributed by atoms with Crippen LogP contribution < -0.4 is 5.32 Å². The number of urea groups is 1. The molecule has 2 aliphatic rings. The van der Waals surface area contributed by atoms with Crippen LogP contribution in [-0.4, -0.2) is 35.3 Å². The van der Waals surface area contributed by atoms with Gasteiger partial charge in [0.25, 0.3) is 5.91 Å². The fourth-order valence-electron chi connectivity index (χ4n) is 4.85. The number of furan rings is 1. The zero-order valence-corrected chi connectivity index (χ0v) is 20.5. The van der Waals surface area contributed by atoms with Crippen LogP contribution in [0.1, 0.15) is 24.7 Å². The maximum Gasteiger partial charge on any atom is 0.324 e. The van der Waals surface area contributed by atoms with E-state index in [1.54, 1.807) is 36.2 Å². The Bertz CT molecular complexity index is 1430. The molecular weight excluding hydrogens is 488 g/mol. The van der Waals surface area contributed by atoms with Crippen LogP contribution >= 0.6 is 11.6 Å². The van der Waals surface area contributed by atoms with Crippen molar-refractivity contribution in [2.75, 3.05) is 13.6 Å². The lowest BCUT2D eigenvalue weighted by Crippen LogP contribution is -2.55.